The zero-order valence-electron chi connectivity index (χ0n) is 17.6. The zero-order valence-corrected chi connectivity index (χ0v) is 17.6. The molecule has 0 fully saturated rings. The standard InChI is InChI=1S/C24H29NO4/c1-16(19-10-9-17-7-5-6-8-20(17)15-19)25-22(26)14-12-18-11-13-21(27-2)24(29-4)23(18)28-3/h9-16H,5-8H2,1-4H3,(H,25,26)/b14-12+/t16-/m0/s1. The Labute approximate surface area is 172 Å². The van der Waals surface area contributed by atoms with Crippen molar-refractivity contribution in [1.82, 2.24) is 5.32 Å². The lowest BCUT2D eigenvalue weighted by Gasteiger charge is -2.19. The summed E-state index contributed by atoms with van der Waals surface area (Å²) in [6.07, 6.45) is 8.03. The van der Waals surface area contributed by atoms with Gasteiger partial charge in [0.15, 0.2) is 11.5 Å². The number of methoxy groups -OCH3 is 3. The van der Waals surface area contributed by atoms with E-state index in [1.807, 2.05) is 13.0 Å². The molecule has 1 amide bonds. The van der Waals surface area contributed by atoms with Crippen LogP contribution in [0.25, 0.3) is 6.08 Å². The summed E-state index contributed by atoms with van der Waals surface area (Å²) >= 11 is 0. The molecular weight excluding hydrogens is 366 g/mol. The molecule has 1 N–H and O–H groups in total. The molecule has 0 unspecified atom stereocenters. The Balaban J connectivity index is 1.71. The van der Waals surface area contributed by atoms with Crippen molar-refractivity contribution in [2.75, 3.05) is 21.3 Å². The number of benzene rings is 2. The molecule has 0 aliphatic heterocycles. The van der Waals surface area contributed by atoms with Crippen LogP contribution < -0.4 is 19.5 Å². The number of rotatable bonds is 7. The molecule has 0 saturated carbocycles. The highest BCUT2D eigenvalue weighted by Crippen LogP contribution is 2.40. The molecule has 1 atom stereocenters. The van der Waals surface area contributed by atoms with Crippen LogP contribution in [0.2, 0.25) is 0 Å². The number of fused-ring (bicyclic) bond motifs is 1. The maximum Gasteiger partial charge on any atom is 0.244 e. The van der Waals surface area contributed by atoms with E-state index < -0.39 is 0 Å². The molecule has 0 radical (unpaired) electrons. The molecule has 1 aliphatic carbocycles. The highest BCUT2D eigenvalue weighted by Gasteiger charge is 2.15. The highest BCUT2D eigenvalue weighted by atomic mass is 16.5. The smallest absolute Gasteiger partial charge is 0.244 e. The Morgan fingerprint density at radius 2 is 1.69 bits per heavy atom. The van der Waals surface area contributed by atoms with Crippen LogP contribution in [0.5, 0.6) is 17.2 Å². The van der Waals surface area contributed by atoms with Crippen molar-refractivity contribution in [1.29, 1.82) is 0 Å². The fraction of sp³-hybridized carbons (Fsp3) is 0.375. The van der Waals surface area contributed by atoms with E-state index in [-0.39, 0.29) is 11.9 Å². The number of carbonyl (C=O) groups excluding carboxylic acids is 1. The first kappa shape index (κ1) is 20.8. The molecular formula is C24H29NO4. The number of hydrogen-bond acceptors (Lipinski definition) is 4. The van der Waals surface area contributed by atoms with Gasteiger partial charge in [-0.05, 0) is 67.5 Å². The normalized spacial score (nSPS) is 14.2. The van der Waals surface area contributed by atoms with Gasteiger partial charge in [0, 0.05) is 11.6 Å². The Morgan fingerprint density at radius 1 is 0.966 bits per heavy atom. The van der Waals surface area contributed by atoms with Gasteiger partial charge in [-0.25, -0.2) is 0 Å². The van der Waals surface area contributed by atoms with Gasteiger partial charge >= 0.3 is 0 Å². The second-order valence-corrected chi connectivity index (χ2v) is 7.22. The van der Waals surface area contributed by atoms with Crippen LogP contribution in [0, 0.1) is 0 Å². The van der Waals surface area contributed by atoms with Crippen LogP contribution in [-0.2, 0) is 17.6 Å². The Hall–Kier alpha value is -2.95. The van der Waals surface area contributed by atoms with E-state index in [1.165, 1.54) is 30.0 Å². The first-order valence-electron chi connectivity index (χ1n) is 9.96. The number of amides is 1. The summed E-state index contributed by atoms with van der Waals surface area (Å²) in [6.45, 7) is 2.01. The molecule has 2 aromatic carbocycles. The lowest BCUT2D eigenvalue weighted by Crippen LogP contribution is -2.24. The quantitative estimate of drug-likeness (QED) is 0.702. The summed E-state index contributed by atoms with van der Waals surface area (Å²) in [6, 6.07) is 10.1. The van der Waals surface area contributed by atoms with Crippen molar-refractivity contribution in [3.05, 3.63) is 58.7 Å². The molecule has 0 bridgehead atoms. The number of nitrogens with one attached hydrogen (secondary N) is 1. The molecule has 5 heteroatoms. The fourth-order valence-electron chi connectivity index (χ4n) is 3.79. The van der Waals surface area contributed by atoms with Gasteiger partial charge in [-0.3, -0.25) is 4.79 Å². The van der Waals surface area contributed by atoms with Crippen molar-refractivity contribution >= 4 is 12.0 Å². The van der Waals surface area contributed by atoms with Crippen molar-refractivity contribution in [3.8, 4) is 17.2 Å². The van der Waals surface area contributed by atoms with E-state index >= 15 is 0 Å². The largest absolute Gasteiger partial charge is 0.493 e. The van der Waals surface area contributed by atoms with Gasteiger partial charge in [-0.2, -0.15) is 0 Å². The van der Waals surface area contributed by atoms with E-state index in [4.69, 9.17) is 14.2 Å². The second kappa shape index (κ2) is 9.50. The highest BCUT2D eigenvalue weighted by molar-refractivity contribution is 5.92. The minimum absolute atomic E-state index is 0.0633. The predicted molar refractivity (Wildman–Crippen MR) is 115 cm³/mol. The zero-order chi connectivity index (χ0) is 20.8. The predicted octanol–water partition coefficient (Wildman–Crippen LogP) is 4.48. The molecule has 5 nitrogen and oxygen atoms in total. The molecule has 2 aromatic rings. The van der Waals surface area contributed by atoms with Crippen LogP contribution in [0.1, 0.15) is 48.1 Å². The van der Waals surface area contributed by atoms with Crippen LogP contribution in [-0.4, -0.2) is 27.2 Å². The van der Waals surface area contributed by atoms with E-state index in [9.17, 15) is 4.79 Å². The summed E-state index contributed by atoms with van der Waals surface area (Å²) < 4.78 is 16.1. The van der Waals surface area contributed by atoms with Gasteiger partial charge in [0.25, 0.3) is 0 Å². The topological polar surface area (TPSA) is 56.8 Å². The van der Waals surface area contributed by atoms with Crippen molar-refractivity contribution < 1.29 is 19.0 Å². The van der Waals surface area contributed by atoms with E-state index in [0.717, 1.165) is 24.0 Å². The summed E-state index contributed by atoms with van der Waals surface area (Å²) in [7, 11) is 4.69. The van der Waals surface area contributed by atoms with Crippen LogP contribution in [0.15, 0.2) is 36.4 Å². The van der Waals surface area contributed by atoms with Crippen molar-refractivity contribution in [3.63, 3.8) is 0 Å². The molecule has 1 aliphatic rings. The molecule has 0 heterocycles. The lowest BCUT2D eigenvalue weighted by molar-refractivity contribution is -0.117. The molecule has 0 aromatic heterocycles. The maximum absolute atomic E-state index is 12.5. The SMILES string of the molecule is COc1ccc(/C=C/C(=O)N[C@@H](C)c2ccc3c(c2)CCCC3)c(OC)c1OC. The molecule has 0 spiro atoms. The summed E-state index contributed by atoms with van der Waals surface area (Å²) in [5.74, 6) is 1.44. The Kier molecular flexibility index (Phi) is 6.81. The first-order chi connectivity index (χ1) is 14.1. The third-order valence-electron chi connectivity index (χ3n) is 5.38. The number of hydrogen-bond donors (Lipinski definition) is 1. The second-order valence-electron chi connectivity index (χ2n) is 7.22. The summed E-state index contributed by atoms with van der Waals surface area (Å²) in [4.78, 5) is 12.5. The summed E-state index contributed by atoms with van der Waals surface area (Å²) in [5.41, 5.74) is 4.73. The molecule has 3 rings (SSSR count). The number of ether oxygens (including phenoxy) is 3. The summed E-state index contributed by atoms with van der Waals surface area (Å²) in [5, 5.41) is 3.04. The van der Waals surface area contributed by atoms with Crippen LogP contribution in [0.4, 0.5) is 0 Å². The van der Waals surface area contributed by atoms with E-state index in [1.54, 1.807) is 33.5 Å². The third-order valence-corrected chi connectivity index (χ3v) is 5.38. The monoisotopic (exact) mass is 395 g/mol. The van der Waals surface area contributed by atoms with Crippen LogP contribution >= 0.6 is 0 Å². The van der Waals surface area contributed by atoms with Crippen LogP contribution in [0.3, 0.4) is 0 Å². The fourth-order valence-corrected chi connectivity index (χ4v) is 3.79. The minimum Gasteiger partial charge on any atom is -0.493 e. The van der Waals surface area contributed by atoms with Crippen molar-refractivity contribution in [2.45, 2.75) is 38.6 Å². The van der Waals surface area contributed by atoms with Gasteiger partial charge < -0.3 is 19.5 Å². The first-order valence-corrected chi connectivity index (χ1v) is 9.96. The van der Waals surface area contributed by atoms with Gasteiger partial charge in [-0.15, -0.1) is 0 Å². The minimum atomic E-state index is -0.160. The average Bonchev–Trinajstić information content (AvgIpc) is 2.76. The van der Waals surface area contributed by atoms with Gasteiger partial charge in [0.2, 0.25) is 11.7 Å². The van der Waals surface area contributed by atoms with E-state index in [2.05, 4.69) is 23.5 Å². The number of carbonyl (C=O) groups is 1. The molecule has 29 heavy (non-hydrogen) atoms. The van der Waals surface area contributed by atoms with Gasteiger partial charge in [0.1, 0.15) is 0 Å². The lowest BCUT2D eigenvalue weighted by atomic mass is 9.89. The molecule has 0 saturated heterocycles. The molecule has 154 valence electrons. The number of aryl methyl sites for hydroxylation is 2. The van der Waals surface area contributed by atoms with E-state index in [0.29, 0.717) is 17.2 Å². The Morgan fingerprint density at radius 3 is 2.38 bits per heavy atom. The van der Waals surface area contributed by atoms with Gasteiger partial charge in [-0.1, -0.05) is 18.2 Å². The van der Waals surface area contributed by atoms with Crippen molar-refractivity contribution in [2.24, 2.45) is 0 Å². The maximum atomic E-state index is 12.5. The van der Waals surface area contributed by atoms with Gasteiger partial charge in [0.05, 0.1) is 27.4 Å². The average molecular weight is 395 g/mol. The third kappa shape index (κ3) is 4.73. The Bertz CT molecular complexity index is 904.